The number of nitrogens with zero attached hydrogens (tertiary/aromatic N) is 2. The van der Waals surface area contributed by atoms with E-state index < -0.39 is 0 Å². The maximum absolute atomic E-state index is 2.36. The van der Waals surface area contributed by atoms with Gasteiger partial charge in [-0.05, 0) is 62.8 Å². The summed E-state index contributed by atoms with van der Waals surface area (Å²) in [6.45, 7) is 2.21. The molecular weight excluding hydrogens is 310 g/mol. The van der Waals surface area contributed by atoms with Gasteiger partial charge in [-0.25, -0.2) is 0 Å². The lowest BCUT2D eigenvalue weighted by Crippen LogP contribution is -2.16. The van der Waals surface area contributed by atoms with Crippen molar-refractivity contribution in [1.82, 2.24) is 9.80 Å². The Morgan fingerprint density at radius 3 is 1.29 bits per heavy atom. The maximum atomic E-state index is 2.36. The summed E-state index contributed by atoms with van der Waals surface area (Å²) in [5, 5.41) is 2.92. The van der Waals surface area contributed by atoms with Crippen molar-refractivity contribution in [1.29, 1.82) is 0 Å². The van der Waals surface area contributed by atoms with Crippen LogP contribution in [-0.2, 0) is 12.8 Å². The minimum absolute atomic E-state index is 0.260. The zero-order valence-electron chi connectivity index (χ0n) is 15.8. The van der Waals surface area contributed by atoms with Crippen molar-refractivity contribution in [3.63, 3.8) is 0 Å². The second kappa shape index (κ2) is 9.37. The Kier molecular flexibility index (Phi) is 7.49. The van der Waals surface area contributed by atoms with Crippen molar-refractivity contribution in [2.75, 3.05) is 41.3 Å². The van der Waals surface area contributed by atoms with Crippen molar-refractivity contribution in [3.05, 3.63) is 59.7 Å². The van der Waals surface area contributed by atoms with E-state index in [4.69, 9.17) is 0 Å². The molecule has 2 aromatic carbocycles. The van der Waals surface area contributed by atoms with Gasteiger partial charge in [0, 0.05) is 13.1 Å². The highest BCUT2D eigenvalue weighted by atomic mass is 31.1. The quantitative estimate of drug-likeness (QED) is 0.535. The summed E-state index contributed by atoms with van der Waals surface area (Å²) in [4.78, 5) is 4.47. The summed E-state index contributed by atoms with van der Waals surface area (Å²) in [6, 6.07) is 18.4. The van der Waals surface area contributed by atoms with Gasteiger partial charge in [0.05, 0.1) is 0 Å². The lowest BCUT2D eigenvalue weighted by atomic mass is 10.1. The molecular formula is C20H30BN2P. The van der Waals surface area contributed by atoms with Gasteiger partial charge in [0.15, 0.2) is 0 Å². The molecule has 0 aromatic heterocycles. The Morgan fingerprint density at radius 1 is 0.667 bits per heavy atom. The van der Waals surface area contributed by atoms with Crippen LogP contribution in [0.25, 0.3) is 0 Å². The molecule has 0 unspecified atom stereocenters. The van der Waals surface area contributed by atoms with E-state index in [-0.39, 0.29) is 7.80 Å². The van der Waals surface area contributed by atoms with Crippen LogP contribution in [0.2, 0.25) is 0 Å². The molecule has 0 radical (unpaired) electrons. The predicted octanol–water partition coefficient (Wildman–Crippen LogP) is 1.88. The molecule has 24 heavy (non-hydrogen) atoms. The van der Waals surface area contributed by atoms with Crippen LogP contribution in [0.15, 0.2) is 48.5 Å². The number of benzene rings is 2. The SMILES string of the molecule is BP(c1ccc(CCN(C)C)cc1)c1ccc(CCN(C)C)cc1. The average molecular weight is 340 g/mol. The van der Waals surface area contributed by atoms with Crippen molar-refractivity contribution in [2.24, 2.45) is 0 Å². The number of hydrogen-bond acceptors (Lipinski definition) is 2. The van der Waals surface area contributed by atoms with Gasteiger partial charge in [0.1, 0.15) is 7.57 Å². The third kappa shape index (κ3) is 6.05. The van der Waals surface area contributed by atoms with Crippen molar-refractivity contribution < 1.29 is 0 Å². The standard InChI is InChI=1S/C20H30BN2P/c1-22(2)15-13-17-5-9-19(10-6-17)24(21)20-11-7-18(8-12-20)14-16-23(3)4/h5-12H,13-16,21H2,1-4H3. The van der Waals surface area contributed by atoms with Crippen LogP contribution in [-0.4, -0.2) is 58.6 Å². The van der Waals surface area contributed by atoms with E-state index in [1.54, 1.807) is 0 Å². The van der Waals surface area contributed by atoms with Gasteiger partial charge in [-0.15, -0.1) is 0 Å². The minimum Gasteiger partial charge on any atom is -0.309 e. The van der Waals surface area contributed by atoms with Gasteiger partial charge in [-0.3, -0.25) is 0 Å². The van der Waals surface area contributed by atoms with Crippen LogP contribution in [0.5, 0.6) is 0 Å². The molecule has 0 spiro atoms. The number of rotatable bonds is 8. The molecule has 0 aliphatic heterocycles. The van der Waals surface area contributed by atoms with Crippen LogP contribution in [0.3, 0.4) is 0 Å². The monoisotopic (exact) mass is 340 g/mol. The molecule has 128 valence electrons. The first-order valence-electron chi connectivity index (χ1n) is 8.67. The van der Waals surface area contributed by atoms with E-state index in [1.165, 1.54) is 21.7 Å². The second-order valence-corrected chi connectivity index (χ2v) is 9.15. The third-order valence-corrected chi connectivity index (χ3v) is 6.49. The van der Waals surface area contributed by atoms with E-state index in [0.717, 1.165) is 25.9 Å². The molecule has 2 aromatic rings. The molecule has 0 saturated carbocycles. The van der Waals surface area contributed by atoms with E-state index in [9.17, 15) is 0 Å². The molecule has 4 heteroatoms. The molecule has 0 aliphatic rings. The lowest BCUT2D eigenvalue weighted by molar-refractivity contribution is 0.413. The predicted molar refractivity (Wildman–Crippen MR) is 112 cm³/mol. The first-order valence-corrected chi connectivity index (χ1v) is 10.5. The summed E-state index contributed by atoms with van der Waals surface area (Å²) in [7, 11) is 10.6. The van der Waals surface area contributed by atoms with Crippen LogP contribution < -0.4 is 10.6 Å². The van der Waals surface area contributed by atoms with Crippen LogP contribution in [0.4, 0.5) is 0 Å². The molecule has 0 bridgehead atoms. The van der Waals surface area contributed by atoms with Gasteiger partial charge >= 0.3 is 0 Å². The molecule has 0 saturated heterocycles. The minimum atomic E-state index is -0.260. The van der Waals surface area contributed by atoms with Crippen LogP contribution in [0, 0.1) is 0 Å². The first-order chi connectivity index (χ1) is 11.5. The van der Waals surface area contributed by atoms with Crippen molar-refractivity contribution in [3.8, 4) is 0 Å². The molecule has 0 N–H and O–H groups in total. The topological polar surface area (TPSA) is 6.48 Å². The van der Waals surface area contributed by atoms with E-state index in [1.807, 2.05) is 0 Å². The van der Waals surface area contributed by atoms with E-state index in [0.29, 0.717) is 0 Å². The lowest BCUT2D eigenvalue weighted by Gasteiger charge is -2.16. The van der Waals surface area contributed by atoms with Crippen LogP contribution in [0.1, 0.15) is 11.1 Å². The number of hydrogen-bond donors (Lipinski definition) is 0. The Balaban J connectivity index is 1.98. The normalized spacial score (nSPS) is 11.6. The van der Waals surface area contributed by atoms with Gasteiger partial charge < -0.3 is 9.80 Å². The zero-order valence-corrected chi connectivity index (χ0v) is 16.7. The van der Waals surface area contributed by atoms with Crippen molar-refractivity contribution in [2.45, 2.75) is 12.8 Å². The molecule has 0 atom stereocenters. The molecule has 0 amide bonds. The maximum Gasteiger partial charge on any atom is 0.145 e. The fourth-order valence-corrected chi connectivity index (χ4v) is 4.12. The second-order valence-electron chi connectivity index (χ2n) is 7.00. The Hall–Kier alpha value is -1.15. The largest absolute Gasteiger partial charge is 0.309 e. The summed E-state index contributed by atoms with van der Waals surface area (Å²) >= 11 is 0. The first kappa shape index (κ1) is 19.2. The zero-order chi connectivity index (χ0) is 17.5. The Labute approximate surface area is 150 Å². The summed E-state index contributed by atoms with van der Waals surface area (Å²) in [5.74, 6) is 0. The summed E-state index contributed by atoms with van der Waals surface area (Å²) < 4.78 is 0. The molecule has 2 nitrogen and oxygen atoms in total. The van der Waals surface area contributed by atoms with Gasteiger partial charge in [-0.2, -0.15) is 0 Å². The van der Waals surface area contributed by atoms with E-state index >= 15 is 0 Å². The Bertz CT molecular complexity index is 553. The third-order valence-electron chi connectivity index (χ3n) is 4.34. The molecule has 2 rings (SSSR count). The average Bonchev–Trinajstić information content (AvgIpc) is 2.58. The van der Waals surface area contributed by atoms with Gasteiger partial charge in [0.25, 0.3) is 0 Å². The molecule has 0 heterocycles. The number of likely N-dealkylation sites (N-methyl/N-ethyl adjacent to an activating group) is 2. The molecule has 0 fully saturated rings. The highest BCUT2D eigenvalue weighted by molar-refractivity contribution is 7.94. The van der Waals surface area contributed by atoms with Crippen molar-refractivity contribution >= 4 is 26.0 Å². The molecule has 0 aliphatic carbocycles. The van der Waals surface area contributed by atoms with E-state index in [2.05, 4.69) is 94.1 Å². The van der Waals surface area contributed by atoms with Gasteiger partial charge in [0.2, 0.25) is 0 Å². The Morgan fingerprint density at radius 2 is 1.00 bits per heavy atom. The highest BCUT2D eigenvalue weighted by Crippen LogP contribution is 2.27. The summed E-state index contributed by atoms with van der Waals surface area (Å²) in [5.41, 5.74) is 2.85. The van der Waals surface area contributed by atoms with Gasteiger partial charge in [-0.1, -0.05) is 56.3 Å². The fraction of sp³-hybridized carbons (Fsp3) is 0.400. The highest BCUT2D eigenvalue weighted by Gasteiger charge is 2.08. The van der Waals surface area contributed by atoms with Crippen LogP contribution >= 0.6 is 7.80 Å². The fourth-order valence-electron chi connectivity index (χ4n) is 2.63. The smallest absolute Gasteiger partial charge is 0.145 e. The summed E-state index contributed by atoms with van der Waals surface area (Å²) in [6.07, 6.45) is 2.24.